The number of nitrogens with zero attached hydrogens (tertiary/aromatic N) is 2. The lowest BCUT2D eigenvalue weighted by Crippen LogP contribution is -2.19. The third-order valence-electron chi connectivity index (χ3n) is 1.99. The van der Waals surface area contributed by atoms with Crippen LogP contribution in [-0.2, 0) is 6.18 Å². The molecule has 0 spiro atoms. The maximum atomic E-state index is 12.3. The third kappa shape index (κ3) is 3.90. The number of aromatic nitrogens is 2. The van der Waals surface area contributed by atoms with Gasteiger partial charge in [-0.15, -0.1) is 10.2 Å². The molecule has 106 valence electrons. The molecule has 0 unspecified atom stereocenters. The zero-order valence-corrected chi connectivity index (χ0v) is 11.9. The molecule has 0 aliphatic carbocycles. The molecule has 0 radical (unpaired) electrons. The summed E-state index contributed by atoms with van der Waals surface area (Å²) in [4.78, 5) is 11.5. The van der Waals surface area contributed by atoms with Crippen LogP contribution >= 0.6 is 27.3 Å². The molecule has 2 rings (SSSR count). The number of carbonyl (C=O) groups is 1. The standard InChI is InChI=1S/C10H6BrF3N4OS/c11-5-1-3-6(4-2-5)15-8(19)16-9-18-17-7(20-9)10(12,13)14/h1-4H,(H2,15,16,18,19). The average Bonchev–Trinajstić information content (AvgIpc) is 2.80. The lowest BCUT2D eigenvalue weighted by molar-refractivity contribution is -0.138. The van der Waals surface area contributed by atoms with Gasteiger partial charge >= 0.3 is 12.2 Å². The number of alkyl halides is 3. The molecule has 0 aliphatic rings. The van der Waals surface area contributed by atoms with E-state index in [2.05, 4.69) is 36.8 Å². The first-order chi connectivity index (χ1) is 9.34. The summed E-state index contributed by atoms with van der Waals surface area (Å²) in [6, 6.07) is 5.98. The Hall–Kier alpha value is -1.68. The topological polar surface area (TPSA) is 66.9 Å². The molecule has 20 heavy (non-hydrogen) atoms. The van der Waals surface area contributed by atoms with Gasteiger partial charge in [0.2, 0.25) is 10.1 Å². The van der Waals surface area contributed by atoms with Crippen molar-refractivity contribution in [2.24, 2.45) is 0 Å². The molecule has 0 saturated carbocycles. The Bertz CT molecular complexity index is 614. The van der Waals surface area contributed by atoms with Gasteiger partial charge < -0.3 is 5.32 Å². The minimum atomic E-state index is -4.57. The zero-order chi connectivity index (χ0) is 14.8. The monoisotopic (exact) mass is 366 g/mol. The predicted octanol–water partition coefficient (Wildman–Crippen LogP) is 3.96. The molecule has 5 nitrogen and oxygen atoms in total. The molecule has 10 heteroatoms. The van der Waals surface area contributed by atoms with E-state index in [1.54, 1.807) is 24.3 Å². The Morgan fingerprint density at radius 1 is 1.15 bits per heavy atom. The van der Waals surface area contributed by atoms with E-state index in [1.165, 1.54) is 0 Å². The third-order valence-corrected chi connectivity index (χ3v) is 3.40. The first-order valence-electron chi connectivity index (χ1n) is 5.09. The van der Waals surface area contributed by atoms with E-state index in [0.717, 1.165) is 4.47 Å². The molecule has 2 aromatic rings. The van der Waals surface area contributed by atoms with E-state index in [-0.39, 0.29) is 16.5 Å². The molecule has 0 aliphatic heterocycles. The number of halogens is 4. The van der Waals surface area contributed by atoms with Crippen LogP contribution < -0.4 is 10.6 Å². The SMILES string of the molecule is O=C(Nc1ccc(Br)cc1)Nc1nnc(C(F)(F)F)s1. The van der Waals surface area contributed by atoms with E-state index in [9.17, 15) is 18.0 Å². The van der Waals surface area contributed by atoms with Gasteiger partial charge in [-0.2, -0.15) is 13.2 Å². The second-order valence-corrected chi connectivity index (χ2v) is 5.39. The van der Waals surface area contributed by atoms with Crippen molar-refractivity contribution in [3.05, 3.63) is 33.7 Å². The summed E-state index contributed by atoms with van der Waals surface area (Å²) < 4.78 is 37.7. The van der Waals surface area contributed by atoms with Gasteiger partial charge in [-0.25, -0.2) is 4.79 Å². The molecular weight excluding hydrogens is 361 g/mol. The largest absolute Gasteiger partial charge is 0.445 e. The summed E-state index contributed by atoms with van der Waals surface area (Å²) >= 11 is 3.49. The van der Waals surface area contributed by atoms with Crippen molar-refractivity contribution >= 4 is 44.1 Å². The molecular formula is C10H6BrF3N4OS. The van der Waals surface area contributed by atoms with Crippen molar-refractivity contribution in [1.82, 2.24) is 10.2 Å². The Morgan fingerprint density at radius 3 is 2.35 bits per heavy atom. The minimum absolute atomic E-state index is 0.230. The fourth-order valence-electron chi connectivity index (χ4n) is 1.18. The lowest BCUT2D eigenvalue weighted by Gasteiger charge is -2.04. The summed E-state index contributed by atoms with van der Waals surface area (Å²) in [6.07, 6.45) is -4.57. The number of amides is 2. The Balaban J connectivity index is 1.98. The van der Waals surface area contributed by atoms with Gasteiger partial charge in [-0.3, -0.25) is 5.32 Å². The van der Waals surface area contributed by atoms with Gasteiger partial charge in [0.25, 0.3) is 0 Å². The highest BCUT2D eigenvalue weighted by Gasteiger charge is 2.35. The maximum absolute atomic E-state index is 12.3. The number of rotatable bonds is 2. The zero-order valence-electron chi connectivity index (χ0n) is 9.53. The highest BCUT2D eigenvalue weighted by atomic mass is 79.9. The summed E-state index contributed by atoms with van der Waals surface area (Å²) in [5, 5.41) is 9.49. The van der Waals surface area contributed by atoms with Crippen LogP contribution in [0.3, 0.4) is 0 Å². The molecule has 1 aromatic heterocycles. The van der Waals surface area contributed by atoms with Crippen LogP contribution in [-0.4, -0.2) is 16.2 Å². The molecule has 0 atom stereocenters. The van der Waals surface area contributed by atoms with Crippen LogP contribution in [0.15, 0.2) is 28.7 Å². The van der Waals surface area contributed by atoms with Gasteiger partial charge in [-0.1, -0.05) is 27.3 Å². The molecule has 1 heterocycles. The van der Waals surface area contributed by atoms with Crippen LogP contribution in [0.25, 0.3) is 0 Å². The Labute approximate surface area is 123 Å². The molecule has 0 fully saturated rings. The van der Waals surface area contributed by atoms with E-state index >= 15 is 0 Å². The van der Waals surface area contributed by atoms with E-state index < -0.39 is 17.2 Å². The number of hydrogen-bond acceptors (Lipinski definition) is 4. The minimum Gasteiger partial charge on any atom is -0.308 e. The average molecular weight is 367 g/mol. The smallest absolute Gasteiger partial charge is 0.308 e. The summed E-state index contributed by atoms with van der Waals surface area (Å²) in [5.74, 6) is 0. The second kappa shape index (κ2) is 5.75. The lowest BCUT2D eigenvalue weighted by atomic mass is 10.3. The first kappa shape index (κ1) is 14.7. The van der Waals surface area contributed by atoms with E-state index in [1.807, 2.05) is 0 Å². The van der Waals surface area contributed by atoms with Crippen LogP contribution in [0.4, 0.5) is 28.8 Å². The predicted molar refractivity (Wildman–Crippen MR) is 71.7 cm³/mol. The summed E-state index contributed by atoms with van der Waals surface area (Å²) in [5.41, 5.74) is 0.492. The number of nitrogens with one attached hydrogen (secondary N) is 2. The van der Waals surface area contributed by atoms with Crippen molar-refractivity contribution in [2.75, 3.05) is 10.6 Å². The van der Waals surface area contributed by atoms with Crippen molar-refractivity contribution in [1.29, 1.82) is 0 Å². The van der Waals surface area contributed by atoms with Gasteiger partial charge in [0.05, 0.1) is 0 Å². The first-order valence-corrected chi connectivity index (χ1v) is 6.70. The number of benzene rings is 1. The van der Waals surface area contributed by atoms with Gasteiger partial charge in [0.15, 0.2) is 0 Å². The van der Waals surface area contributed by atoms with Crippen molar-refractivity contribution in [3.8, 4) is 0 Å². The second-order valence-electron chi connectivity index (χ2n) is 3.50. The molecule has 0 bridgehead atoms. The number of anilines is 2. The molecule has 0 saturated heterocycles. The summed E-state index contributed by atoms with van der Waals surface area (Å²) in [6.45, 7) is 0. The fraction of sp³-hybridized carbons (Fsp3) is 0.100. The van der Waals surface area contributed by atoms with Crippen LogP contribution in [0.2, 0.25) is 0 Å². The molecule has 1 aromatic carbocycles. The number of hydrogen-bond donors (Lipinski definition) is 2. The highest BCUT2D eigenvalue weighted by molar-refractivity contribution is 9.10. The fourth-order valence-corrected chi connectivity index (χ4v) is 2.05. The summed E-state index contributed by atoms with van der Waals surface area (Å²) in [7, 11) is 0. The normalized spacial score (nSPS) is 11.2. The van der Waals surface area contributed by atoms with Gasteiger partial charge in [-0.05, 0) is 24.3 Å². The molecule has 2 amide bonds. The quantitative estimate of drug-likeness (QED) is 0.844. The highest BCUT2D eigenvalue weighted by Crippen LogP contribution is 2.32. The number of carbonyl (C=O) groups excluding carboxylic acids is 1. The maximum Gasteiger partial charge on any atom is 0.445 e. The van der Waals surface area contributed by atoms with Gasteiger partial charge in [0.1, 0.15) is 0 Å². The van der Waals surface area contributed by atoms with E-state index in [0.29, 0.717) is 5.69 Å². The molecule has 2 N–H and O–H groups in total. The van der Waals surface area contributed by atoms with Crippen molar-refractivity contribution in [3.63, 3.8) is 0 Å². The van der Waals surface area contributed by atoms with Gasteiger partial charge in [0, 0.05) is 10.2 Å². The Morgan fingerprint density at radius 2 is 1.80 bits per heavy atom. The van der Waals surface area contributed by atoms with Crippen LogP contribution in [0.1, 0.15) is 5.01 Å². The number of urea groups is 1. The van der Waals surface area contributed by atoms with Crippen LogP contribution in [0, 0.1) is 0 Å². The van der Waals surface area contributed by atoms with E-state index in [4.69, 9.17) is 0 Å². The van der Waals surface area contributed by atoms with Crippen molar-refractivity contribution < 1.29 is 18.0 Å². The Kier molecular flexibility index (Phi) is 4.23. The van der Waals surface area contributed by atoms with Crippen LogP contribution in [0.5, 0.6) is 0 Å². The van der Waals surface area contributed by atoms with Crippen molar-refractivity contribution in [2.45, 2.75) is 6.18 Å².